The van der Waals surface area contributed by atoms with Crippen LogP contribution in [-0.4, -0.2) is 28.9 Å². The van der Waals surface area contributed by atoms with Crippen LogP contribution in [-0.2, 0) is 24.1 Å². The summed E-state index contributed by atoms with van der Waals surface area (Å²) >= 11 is 5.96. The number of halogens is 4. The van der Waals surface area contributed by atoms with E-state index in [0.717, 1.165) is 18.4 Å². The lowest BCUT2D eigenvalue weighted by Crippen LogP contribution is -2.24. The Bertz CT molecular complexity index is 927. The molecule has 3 rings (SSSR count). The molecule has 170 valence electrons. The van der Waals surface area contributed by atoms with Crippen LogP contribution in [0.25, 0.3) is 0 Å². The second-order valence-electron chi connectivity index (χ2n) is 7.22. The summed E-state index contributed by atoms with van der Waals surface area (Å²) in [6.07, 6.45) is -3.09. The maximum Gasteiger partial charge on any atom is 0.436 e. The topological polar surface area (TPSA) is 65.4 Å². The molecule has 6 nitrogen and oxygen atoms in total. The van der Waals surface area contributed by atoms with Crippen LogP contribution in [0, 0.1) is 0 Å². The van der Waals surface area contributed by atoms with Gasteiger partial charge in [0.05, 0.1) is 30.5 Å². The van der Waals surface area contributed by atoms with Gasteiger partial charge in [0.2, 0.25) is 5.91 Å². The van der Waals surface area contributed by atoms with E-state index in [1.807, 2.05) is 19.9 Å². The molecule has 0 spiro atoms. The minimum Gasteiger partial charge on any atom is -0.490 e. The molecule has 0 unspecified atom stereocenters. The highest BCUT2D eigenvalue weighted by atomic mass is 35.5. The molecule has 0 atom stereocenters. The molecule has 0 bridgehead atoms. The molecule has 0 radical (unpaired) electrons. The van der Waals surface area contributed by atoms with Crippen LogP contribution in [0.15, 0.2) is 18.2 Å². The van der Waals surface area contributed by atoms with Crippen LogP contribution in [0.5, 0.6) is 11.5 Å². The van der Waals surface area contributed by atoms with E-state index in [2.05, 4.69) is 10.4 Å². The fourth-order valence-electron chi connectivity index (χ4n) is 3.25. The van der Waals surface area contributed by atoms with Crippen molar-refractivity contribution >= 4 is 17.5 Å². The van der Waals surface area contributed by atoms with Crippen LogP contribution in [0.4, 0.5) is 13.2 Å². The molecule has 31 heavy (non-hydrogen) atoms. The van der Waals surface area contributed by atoms with Crippen molar-refractivity contribution in [3.05, 3.63) is 40.2 Å². The lowest BCUT2D eigenvalue weighted by atomic mass is 10.2. The number of alkyl halides is 3. The number of nitrogens with one attached hydrogen (secondary N) is 1. The first-order chi connectivity index (χ1) is 14.7. The van der Waals surface area contributed by atoms with E-state index >= 15 is 0 Å². The molecule has 0 saturated heterocycles. The Morgan fingerprint density at radius 2 is 1.90 bits per heavy atom. The van der Waals surface area contributed by atoms with Gasteiger partial charge in [-0.3, -0.25) is 9.48 Å². The minimum atomic E-state index is -4.62. The molecule has 1 aliphatic carbocycles. The smallest absolute Gasteiger partial charge is 0.436 e. The highest BCUT2D eigenvalue weighted by Crippen LogP contribution is 2.46. The van der Waals surface area contributed by atoms with Gasteiger partial charge >= 0.3 is 6.18 Å². The molecular weight excluding hydrogens is 435 g/mol. The SMILES string of the molecule is CCOc1ccc(CNC(=O)CCn2nc(C(F)(F)F)c(Cl)c2C2CC2)cc1OCC. The van der Waals surface area contributed by atoms with Crippen molar-refractivity contribution < 1.29 is 27.4 Å². The average molecular weight is 460 g/mol. The number of hydrogen-bond acceptors (Lipinski definition) is 4. The van der Waals surface area contributed by atoms with E-state index in [1.54, 1.807) is 12.1 Å². The van der Waals surface area contributed by atoms with Crippen LogP contribution in [0.1, 0.15) is 56.0 Å². The zero-order valence-corrected chi connectivity index (χ0v) is 18.1. The van der Waals surface area contributed by atoms with Crippen LogP contribution in [0.2, 0.25) is 5.02 Å². The Balaban J connectivity index is 1.61. The number of aryl methyl sites for hydroxylation is 1. The third-order valence-corrected chi connectivity index (χ3v) is 5.18. The fourth-order valence-corrected chi connectivity index (χ4v) is 3.65. The molecule has 1 amide bonds. The summed E-state index contributed by atoms with van der Waals surface area (Å²) < 4.78 is 51.7. The summed E-state index contributed by atoms with van der Waals surface area (Å²) in [7, 11) is 0. The molecule has 2 aromatic rings. The van der Waals surface area contributed by atoms with Gasteiger partial charge < -0.3 is 14.8 Å². The first kappa shape index (κ1) is 23.2. The quantitative estimate of drug-likeness (QED) is 0.546. The predicted octanol–water partition coefficient (Wildman–Crippen LogP) is 4.94. The Hall–Kier alpha value is -2.42. The third-order valence-electron chi connectivity index (χ3n) is 4.81. The predicted molar refractivity (Wildman–Crippen MR) is 109 cm³/mol. The van der Waals surface area contributed by atoms with Crippen LogP contribution < -0.4 is 14.8 Å². The Kier molecular flexibility index (Phi) is 7.35. The second-order valence-corrected chi connectivity index (χ2v) is 7.59. The number of rotatable bonds is 10. The van der Waals surface area contributed by atoms with Crippen molar-refractivity contribution in [3.63, 3.8) is 0 Å². The Morgan fingerprint density at radius 3 is 2.52 bits per heavy atom. The van der Waals surface area contributed by atoms with E-state index in [0.29, 0.717) is 30.4 Å². The normalized spacial score (nSPS) is 13.9. The molecule has 1 N–H and O–H groups in total. The Morgan fingerprint density at radius 1 is 1.23 bits per heavy atom. The number of hydrogen-bond donors (Lipinski definition) is 1. The van der Waals surface area contributed by atoms with Gasteiger partial charge in [-0.05, 0) is 44.4 Å². The summed E-state index contributed by atoms with van der Waals surface area (Å²) in [6.45, 7) is 5.02. The lowest BCUT2D eigenvalue weighted by Gasteiger charge is -2.13. The first-order valence-electron chi connectivity index (χ1n) is 10.2. The van der Waals surface area contributed by atoms with Gasteiger partial charge in [0.25, 0.3) is 0 Å². The summed E-state index contributed by atoms with van der Waals surface area (Å²) in [5.41, 5.74) is 0.101. The van der Waals surface area contributed by atoms with Gasteiger partial charge in [-0.25, -0.2) is 0 Å². The van der Waals surface area contributed by atoms with E-state index in [-0.39, 0.29) is 36.4 Å². The number of carbonyl (C=O) groups excluding carboxylic acids is 1. The number of ether oxygens (including phenoxy) is 2. The second kappa shape index (κ2) is 9.80. The molecule has 1 aromatic carbocycles. The summed E-state index contributed by atoms with van der Waals surface area (Å²) in [5.74, 6) is 0.896. The monoisotopic (exact) mass is 459 g/mol. The van der Waals surface area contributed by atoms with Gasteiger partial charge in [0.1, 0.15) is 0 Å². The lowest BCUT2D eigenvalue weighted by molar-refractivity contribution is -0.141. The molecular formula is C21H25ClF3N3O3. The molecule has 1 aromatic heterocycles. The maximum atomic E-state index is 13.1. The van der Waals surface area contributed by atoms with Crippen molar-refractivity contribution in [1.29, 1.82) is 0 Å². The van der Waals surface area contributed by atoms with Gasteiger partial charge in [-0.1, -0.05) is 17.7 Å². The highest BCUT2D eigenvalue weighted by Gasteiger charge is 2.42. The largest absolute Gasteiger partial charge is 0.490 e. The minimum absolute atomic E-state index is 0.00955. The molecule has 0 aliphatic heterocycles. The van der Waals surface area contributed by atoms with Crippen LogP contribution in [0.3, 0.4) is 0 Å². The number of benzene rings is 1. The van der Waals surface area contributed by atoms with Crippen molar-refractivity contribution in [3.8, 4) is 11.5 Å². The van der Waals surface area contributed by atoms with Crippen molar-refractivity contribution in [2.75, 3.05) is 13.2 Å². The zero-order valence-electron chi connectivity index (χ0n) is 17.4. The number of nitrogens with zero attached hydrogens (tertiary/aromatic N) is 2. The summed E-state index contributed by atoms with van der Waals surface area (Å²) in [4.78, 5) is 12.3. The molecule has 10 heteroatoms. The summed E-state index contributed by atoms with van der Waals surface area (Å²) in [6, 6.07) is 5.40. The number of aromatic nitrogens is 2. The van der Waals surface area contributed by atoms with Crippen molar-refractivity contribution in [1.82, 2.24) is 15.1 Å². The number of amides is 1. The number of carbonyl (C=O) groups is 1. The Labute approximate surface area is 183 Å². The van der Waals surface area contributed by atoms with Gasteiger partial charge in [0, 0.05) is 18.9 Å². The van der Waals surface area contributed by atoms with Crippen molar-refractivity contribution in [2.45, 2.75) is 58.3 Å². The van der Waals surface area contributed by atoms with E-state index in [4.69, 9.17) is 21.1 Å². The van der Waals surface area contributed by atoms with Crippen molar-refractivity contribution in [2.24, 2.45) is 0 Å². The standard InChI is InChI=1S/C21H25ClF3N3O3/c1-3-30-15-8-5-13(11-16(15)31-4-2)12-26-17(29)9-10-28-19(14-6-7-14)18(22)20(27-28)21(23,24)25/h5,8,11,14H,3-4,6-7,9-10,12H2,1-2H3,(H,26,29). The average Bonchev–Trinajstić information content (AvgIpc) is 3.48. The fraction of sp³-hybridized carbons (Fsp3) is 0.524. The van der Waals surface area contributed by atoms with Gasteiger partial charge in [-0.15, -0.1) is 0 Å². The van der Waals surface area contributed by atoms with E-state index in [9.17, 15) is 18.0 Å². The molecule has 1 saturated carbocycles. The highest BCUT2D eigenvalue weighted by molar-refractivity contribution is 6.32. The molecule has 1 heterocycles. The van der Waals surface area contributed by atoms with Gasteiger partial charge in [-0.2, -0.15) is 18.3 Å². The third kappa shape index (κ3) is 5.84. The van der Waals surface area contributed by atoms with E-state index in [1.165, 1.54) is 4.68 Å². The zero-order chi connectivity index (χ0) is 22.6. The molecule has 1 fully saturated rings. The van der Waals surface area contributed by atoms with Gasteiger partial charge in [0.15, 0.2) is 17.2 Å². The van der Waals surface area contributed by atoms with E-state index < -0.39 is 11.9 Å². The molecule has 1 aliphatic rings. The summed E-state index contributed by atoms with van der Waals surface area (Å²) in [5, 5.41) is 6.06. The maximum absolute atomic E-state index is 13.1. The van der Waals surface area contributed by atoms with Crippen LogP contribution >= 0.6 is 11.6 Å². The first-order valence-corrected chi connectivity index (χ1v) is 10.6.